The molecule has 0 aliphatic heterocycles. The van der Waals surface area contributed by atoms with E-state index in [0.717, 1.165) is 11.8 Å². The van der Waals surface area contributed by atoms with Crippen LogP contribution in [0.1, 0.15) is 0 Å². The molecule has 0 saturated carbocycles. The number of nitro benzene ring substituents is 1. The number of anilines is 1. The first-order valence-corrected chi connectivity index (χ1v) is 8.16. The van der Waals surface area contributed by atoms with Crippen molar-refractivity contribution in [1.29, 1.82) is 0 Å². The number of carbonyl (C=O) groups excluding carboxylic acids is 1. The number of rotatable bonds is 6. The zero-order valence-corrected chi connectivity index (χ0v) is 13.9. The molecule has 0 spiro atoms. The van der Waals surface area contributed by atoms with Crippen molar-refractivity contribution in [3.63, 3.8) is 0 Å². The molecule has 8 nitrogen and oxygen atoms in total. The molecule has 3 rings (SSSR count). The summed E-state index contributed by atoms with van der Waals surface area (Å²) in [7, 11) is 1.41. The van der Waals surface area contributed by atoms with Crippen LogP contribution in [0.15, 0.2) is 52.1 Å². The molecule has 9 heteroatoms. The number of hydrogen-bond donors (Lipinski definition) is 1. The fourth-order valence-electron chi connectivity index (χ4n) is 2.12. The minimum atomic E-state index is -0.577. The molecule has 1 amide bonds. The van der Waals surface area contributed by atoms with Crippen LogP contribution in [0.5, 0.6) is 5.75 Å². The number of thioether (sulfide) groups is 1. The van der Waals surface area contributed by atoms with E-state index in [1.807, 2.05) is 18.2 Å². The van der Waals surface area contributed by atoms with Crippen LogP contribution >= 0.6 is 11.8 Å². The summed E-state index contributed by atoms with van der Waals surface area (Å²) in [5.41, 5.74) is 1.21. The van der Waals surface area contributed by atoms with Crippen molar-refractivity contribution in [3.05, 3.63) is 52.6 Å². The predicted molar refractivity (Wildman–Crippen MR) is 93.0 cm³/mol. The first kappa shape index (κ1) is 16.8. The van der Waals surface area contributed by atoms with E-state index in [2.05, 4.69) is 10.3 Å². The molecule has 0 aliphatic rings. The molecule has 1 heterocycles. The van der Waals surface area contributed by atoms with Crippen LogP contribution in [-0.4, -0.2) is 28.7 Å². The molecule has 0 unspecified atom stereocenters. The summed E-state index contributed by atoms with van der Waals surface area (Å²) in [5.74, 6) is -0.0539. The Bertz CT molecular complexity index is 907. The quantitative estimate of drug-likeness (QED) is 0.408. The Hall–Kier alpha value is -3.07. The zero-order valence-electron chi connectivity index (χ0n) is 13.1. The molecule has 0 saturated heterocycles. The summed E-state index contributed by atoms with van der Waals surface area (Å²) >= 11 is 1.11. The van der Waals surface area contributed by atoms with Crippen LogP contribution in [0.2, 0.25) is 0 Å². The first-order chi connectivity index (χ1) is 12.1. The van der Waals surface area contributed by atoms with Gasteiger partial charge in [0, 0.05) is 0 Å². The molecule has 0 radical (unpaired) electrons. The second-order valence-corrected chi connectivity index (χ2v) is 5.85. The second kappa shape index (κ2) is 7.22. The number of nitrogens with zero attached hydrogens (tertiary/aromatic N) is 2. The molecule has 1 aromatic heterocycles. The number of carbonyl (C=O) groups is 1. The smallest absolute Gasteiger partial charge is 0.296 e. The number of nitrogens with one attached hydrogen (secondary N) is 1. The largest absolute Gasteiger partial charge is 0.496 e. The van der Waals surface area contributed by atoms with Crippen molar-refractivity contribution in [1.82, 2.24) is 4.98 Å². The van der Waals surface area contributed by atoms with Gasteiger partial charge in [-0.3, -0.25) is 14.9 Å². The predicted octanol–water partition coefficient (Wildman–Crippen LogP) is 3.48. The number of aromatic nitrogens is 1. The van der Waals surface area contributed by atoms with Crippen molar-refractivity contribution in [2.45, 2.75) is 5.22 Å². The molecule has 25 heavy (non-hydrogen) atoms. The van der Waals surface area contributed by atoms with E-state index in [0.29, 0.717) is 22.1 Å². The Morgan fingerprint density at radius 3 is 2.88 bits per heavy atom. The monoisotopic (exact) mass is 359 g/mol. The highest BCUT2D eigenvalue weighted by Gasteiger charge is 2.18. The average molecular weight is 359 g/mol. The van der Waals surface area contributed by atoms with E-state index >= 15 is 0 Å². The zero-order chi connectivity index (χ0) is 17.8. The summed E-state index contributed by atoms with van der Waals surface area (Å²) in [4.78, 5) is 26.9. The summed E-state index contributed by atoms with van der Waals surface area (Å²) in [5, 5.41) is 14.0. The number of fused-ring (bicyclic) bond motifs is 1. The van der Waals surface area contributed by atoms with E-state index in [-0.39, 0.29) is 17.1 Å². The van der Waals surface area contributed by atoms with Crippen molar-refractivity contribution >= 4 is 40.1 Å². The summed E-state index contributed by atoms with van der Waals surface area (Å²) < 4.78 is 10.5. The van der Waals surface area contributed by atoms with Gasteiger partial charge in [-0.25, -0.2) is 4.98 Å². The molecule has 2 aromatic carbocycles. The van der Waals surface area contributed by atoms with E-state index in [1.54, 1.807) is 6.07 Å². The highest BCUT2D eigenvalue weighted by Crippen LogP contribution is 2.29. The van der Waals surface area contributed by atoms with Gasteiger partial charge < -0.3 is 14.5 Å². The Labute approximate surface area is 146 Å². The highest BCUT2D eigenvalue weighted by molar-refractivity contribution is 7.99. The molecular weight excluding hydrogens is 346 g/mol. The fraction of sp³-hybridized carbons (Fsp3) is 0.125. The average Bonchev–Trinajstić information content (AvgIpc) is 3.03. The standard InChI is InChI=1S/C16H13N3O5S/c1-23-10-6-7-11(13(8-10)19(21)22)17-15(20)9-25-16-18-12-4-2-3-5-14(12)24-16/h2-8H,9H2,1H3,(H,17,20). The van der Waals surface area contributed by atoms with Crippen LogP contribution in [0, 0.1) is 10.1 Å². The van der Waals surface area contributed by atoms with Crippen molar-refractivity contribution in [2.24, 2.45) is 0 Å². The minimum absolute atomic E-state index is 0.00993. The maximum Gasteiger partial charge on any atom is 0.296 e. The van der Waals surface area contributed by atoms with Crippen LogP contribution in [0.4, 0.5) is 11.4 Å². The number of oxazole rings is 1. The van der Waals surface area contributed by atoms with Gasteiger partial charge in [0.05, 0.1) is 23.9 Å². The number of para-hydroxylation sites is 2. The van der Waals surface area contributed by atoms with Gasteiger partial charge in [0.2, 0.25) is 5.91 Å². The van der Waals surface area contributed by atoms with Gasteiger partial charge in [-0.1, -0.05) is 23.9 Å². The van der Waals surface area contributed by atoms with Gasteiger partial charge in [0.15, 0.2) is 5.58 Å². The van der Waals surface area contributed by atoms with Crippen molar-refractivity contribution in [3.8, 4) is 5.75 Å². The topological polar surface area (TPSA) is 108 Å². The van der Waals surface area contributed by atoms with E-state index in [4.69, 9.17) is 9.15 Å². The molecule has 3 aromatic rings. The lowest BCUT2D eigenvalue weighted by molar-refractivity contribution is -0.384. The third kappa shape index (κ3) is 3.89. The maximum absolute atomic E-state index is 12.1. The number of hydrogen-bond acceptors (Lipinski definition) is 7. The van der Waals surface area contributed by atoms with Gasteiger partial charge in [-0.2, -0.15) is 0 Å². The molecular formula is C16H13N3O5S. The fourth-order valence-corrected chi connectivity index (χ4v) is 2.76. The SMILES string of the molecule is COc1ccc(NC(=O)CSc2nc3ccccc3o2)c([N+](=O)[O-])c1. The minimum Gasteiger partial charge on any atom is -0.496 e. The van der Waals surface area contributed by atoms with Crippen LogP contribution in [0.3, 0.4) is 0 Å². The molecule has 0 atom stereocenters. The van der Waals surface area contributed by atoms with E-state index < -0.39 is 10.8 Å². The molecule has 0 bridgehead atoms. The van der Waals surface area contributed by atoms with E-state index in [1.165, 1.54) is 25.3 Å². The first-order valence-electron chi connectivity index (χ1n) is 7.17. The van der Waals surface area contributed by atoms with Gasteiger partial charge in [0.25, 0.3) is 10.9 Å². The molecule has 0 aliphatic carbocycles. The lowest BCUT2D eigenvalue weighted by Gasteiger charge is -2.06. The van der Waals surface area contributed by atoms with Crippen molar-refractivity contribution < 1.29 is 18.9 Å². The van der Waals surface area contributed by atoms with Gasteiger partial charge in [0.1, 0.15) is 17.0 Å². The molecule has 0 fully saturated rings. The lowest BCUT2D eigenvalue weighted by atomic mass is 10.2. The number of ether oxygens (including phenoxy) is 1. The number of benzene rings is 2. The summed E-state index contributed by atoms with van der Waals surface area (Å²) in [6.45, 7) is 0. The maximum atomic E-state index is 12.1. The Kier molecular flexibility index (Phi) is 4.85. The number of nitro groups is 1. The summed E-state index contributed by atoms with van der Waals surface area (Å²) in [6, 6.07) is 11.5. The highest BCUT2D eigenvalue weighted by atomic mass is 32.2. The Morgan fingerprint density at radius 2 is 2.16 bits per heavy atom. The van der Waals surface area contributed by atoms with Crippen molar-refractivity contribution in [2.75, 3.05) is 18.2 Å². The second-order valence-electron chi connectivity index (χ2n) is 4.92. The van der Waals surface area contributed by atoms with Crippen LogP contribution in [0.25, 0.3) is 11.1 Å². The molecule has 1 N–H and O–H groups in total. The Morgan fingerprint density at radius 1 is 1.36 bits per heavy atom. The van der Waals surface area contributed by atoms with Crippen LogP contribution < -0.4 is 10.1 Å². The lowest BCUT2D eigenvalue weighted by Crippen LogP contribution is -2.15. The third-order valence-electron chi connectivity index (χ3n) is 3.28. The number of methoxy groups -OCH3 is 1. The van der Waals surface area contributed by atoms with E-state index in [9.17, 15) is 14.9 Å². The van der Waals surface area contributed by atoms with Crippen LogP contribution in [-0.2, 0) is 4.79 Å². The Balaban J connectivity index is 1.67. The number of amides is 1. The third-order valence-corrected chi connectivity index (χ3v) is 4.10. The van der Waals surface area contributed by atoms with Gasteiger partial charge >= 0.3 is 0 Å². The normalized spacial score (nSPS) is 10.6. The summed E-state index contributed by atoms with van der Waals surface area (Å²) in [6.07, 6.45) is 0. The van der Waals surface area contributed by atoms with Gasteiger partial charge in [-0.05, 0) is 24.3 Å². The van der Waals surface area contributed by atoms with Gasteiger partial charge in [-0.15, -0.1) is 0 Å². The molecule has 128 valence electrons.